The minimum Gasteiger partial charge on any atom is -0.493 e. The van der Waals surface area contributed by atoms with Gasteiger partial charge < -0.3 is 14.4 Å². The number of methoxy groups -OCH3 is 1. The van der Waals surface area contributed by atoms with Crippen molar-refractivity contribution in [1.82, 2.24) is 4.90 Å². The molecule has 2 heterocycles. The molecule has 1 aliphatic rings. The van der Waals surface area contributed by atoms with E-state index >= 15 is 0 Å². The van der Waals surface area contributed by atoms with Gasteiger partial charge in [0, 0.05) is 17.5 Å². The van der Waals surface area contributed by atoms with Crippen LogP contribution in [0.4, 0.5) is 0 Å². The van der Waals surface area contributed by atoms with Crippen molar-refractivity contribution in [3.63, 3.8) is 0 Å². The highest BCUT2D eigenvalue weighted by molar-refractivity contribution is 7.10. The molecule has 144 valence electrons. The Bertz CT molecular complexity index is 770. The molecule has 0 spiro atoms. The van der Waals surface area contributed by atoms with E-state index in [1.165, 1.54) is 4.88 Å². The predicted octanol–water partition coefficient (Wildman–Crippen LogP) is 5.31. The van der Waals surface area contributed by atoms with Crippen LogP contribution < -0.4 is 9.47 Å². The lowest BCUT2D eigenvalue weighted by Crippen LogP contribution is -2.28. The lowest BCUT2D eigenvalue weighted by Gasteiger charge is -2.22. The van der Waals surface area contributed by atoms with Crippen LogP contribution in [0.1, 0.15) is 49.1 Å². The maximum Gasteiger partial charge on any atom is 0.247 e. The number of likely N-dealkylation sites (tertiary alicyclic amines) is 1. The van der Waals surface area contributed by atoms with E-state index in [1.807, 2.05) is 35.2 Å². The SMILES string of the molecule is CCCCOc1ccc(/C=C/C(=O)N2CCCC2c2cccs2)cc1OC. The van der Waals surface area contributed by atoms with Crippen molar-refractivity contribution in [2.45, 2.75) is 38.6 Å². The standard InChI is InChI=1S/C22H27NO3S/c1-3-4-14-26-19-11-9-17(16-20(19)25-2)10-12-22(24)23-13-5-7-18(23)21-8-6-15-27-21/h6,8-12,15-16,18H,3-5,7,13-14H2,1-2H3/b12-10+. The van der Waals surface area contributed by atoms with Gasteiger partial charge in [-0.3, -0.25) is 4.79 Å². The van der Waals surface area contributed by atoms with Crippen molar-refractivity contribution in [3.05, 3.63) is 52.2 Å². The summed E-state index contributed by atoms with van der Waals surface area (Å²) in [5.74, 6) is 1.50. The maximum absolute atomic E-state index is 12.7. The van der Waals surface area contributed by atoms with Crippen molar-refractivity contribution in [2.75, 3.05) is 20.3 Å². The van der Waals surface area contributed by atoms with Crippen molar-refractivity contribution in [3.8, 4) is 11.5 Å². The third-order valence-corrected chi connectivity index (χ3v) is 5.74. The molecule has 1 saturated heterocycles. The summed E-state index contributed by atoms with van der Waals surface area (Å²) in [5.41, 5.74) is 0.926. The van der Waals surface area contributed by atoms with Crippen LogP contribution in [0.3, 0.4) is 0 Å². The number of hydrogen-bond acceptors (Lipinski definition) is 4. The number of unbranched alkanes of at least 4 members (excludes halogenated alkanes) is 1. The first-order chi connectivity index (χ1) is 13.2. The van der Waals surface area contributed by atoms with Gasteiger partial charge >= 0.3 is 0 Å². The molecule has 1 aromatic heterocycles. The zero-order valence-electron chi connectivity index (χ0n) is 16.0. The van der Waals surface area contributed by atoms with Crippen LogP contribution in [0.5, 0.6) is 11.5 Å². The molecule has 5 heteroatoms. The second-order valence-electron chi connectivity index (χ2n) is 6.65. The summed E-state index contributed by atoms with van der Waals surface area (Å²) in [5, 5.41) is 2.07. The average Bonchev–Trinajstić information content (AvgIpc) is 3.38. The van der Waals surface area contributed by atoms with Crippen LogP contribution in [0.2, 0.25) is 0 Å². The van der Waals surface area contributed by atoms with Gasteiger partial charge in [-0.15, -0.1) is 11.3 Å². The topological polar surface area (TPSA) is 38.8 Å². The molecule has 1 amide bonds. The van der Waals surface area contributed by atoms with Crippen molar-refractivity contribution in [1.29, 1.82) is 0 Å². The Morgan fingerprint density at radius 2 is 2.22 bits per heavy atom. The molecule has 1 unspecified atom stereocenters. The first-order valence-electron chi connectivity index (χ1n) is 9.56. The van der Waals surface area contributed by atoms with Gasteiger partial charge in [-0.25, -0.2) is 0 Å². The van der Waals surface area contributed by atoms with Crippen LogP contribution in [0, 0.1) is 0 Å². The van der Waals surface area contributed by atoms with Crippen LogP contribution >= 0.6 is 11.3 Å². The van der Waals surface area contributed by atoms with E-state index in [9.17, 15) is 4.79 Å². The molecule has 2 aromatic rings. The van der Waals surface area contributed by atoms with Crippen molar-refractivity contribution >= 4 is 23.3 Å². The zero-order valence-corrected chi connectivity index (χ0v) is 16.8. The second kappa shape index (κ2) is 9.60. The van der Waals surface area contributed by atoms with E-state index in [0.717, 1.165) is 43.5 Å². The number of amides is 1. The van der Waals surface area contributed by atoms with E-state index in [0.29, 0.717) is 12.4 Å². The number of ether oxygens (including phenoxy) is 2. The van der Waals surface area contributed by atoms with Crippen LogP contribution in [-0.2, 0) is 4.79 Å². The molecule has 0 aliphatic carbocycles. The summed E-state index contributed by atoms with van der Waals surface area (Å²) in [7, 11) is 1.64. The molecule has 0 bridgehead atoms. The van der Waals surface area contributed by atoms with Crippen molar-refractivity contribution < 1.29 is 14.3 Å². The second-order valence-corrected chi connectivity index (χ2v) is 7.63. The number of thiophene rings is 1. The molecule has 27 heavy (non-hydrogen) atoms. The van der Waals surface area contributed by atoms with Crippen LogP contribution in [0.15, 0.2) is 41.8 Å². The number of hydrogen-bond donors (Lipinski definition) is 0. The number of rotatable bonds is 8. The Kier molecular flexibility index (Phi) is 6.93. The lowest BCUT2D eigenvalue weighted by molar-refractivity contribution is -0.126. The number of benzene rings is 1. The van der Waals surface area contributed by atoms with Gasteiger partial charge in [-0.1, -0.05) is 25.5 Å². The first-order valence-corrected chi connectivity index (χ1v) is 10.4. The highest BCUT2D eigenvalue weighted by atomic mass is 32.1. The van der Waals surface area contributed by atoms with E-state index in [4.69, 9.17) is 9.47 Å². The molecule has 0 N–H and O–H groups in total. The van der Waals surface area contributed by atoms with E-state index < -0.39 is 0 Å². The number of nitrogens with zero attached hydrogens (tertiary/aromatic N) is 1. The maximum atomic E-state index is 12.7. The molecule has 0 radical (unpaired) electrons. The Balaban J connectivity index is 1.67. The van der Waals surface area contributed by atoms with Gasteiger partial charge in [-0.05, 0) is 54.5 Å². The molecular weight excluding hydrogens is 358 g/mol. The van der Waals surface area contributed by atoms with Gasteiger partial charge in [0.1, 0.15) is 0 Å². The molecule has 4 nitrogen and oxygen atoms in total. The van der Waals surface area contributed by atoms with Crippen LogP contribution in [-0.4, -0.2) is 31.1 Å². The Morgan fingerprint density at radius 1 is 1.33 bits per heavy atom. The molecular formula is C22H27NO3S. The summed E-state index contributed by atoms with van der Waals surface area (Å²) in [6.07, 6.45) is 7.72. The summed E-state index contributed by atoms with van der Waals surface area (Å²) in [6, 6.07) is 10.1. The summed E-state index contributed by atoms with van der Waals surface area (Å²) >= 11 is 1.72. The predicted molar refractivity (Wildman–Crippen MR) is 110 cm³/mol. The summed E-state index contributed by atoms with van der Waals surface area (Å²) in [6.45, 7) is 3.63. The summed E-state index contributed by atoms with van der Waals surface area (Å²) < 4.78 is 11.2. The molecule has 1 atom stereocenters. The van der Waals surface area contributed by atoms with Gasteiger partial charge in [-0.2, -0.15) is 0 Å². The lowest BCUT2D eigenvalue weighted by atomic mass is 10.1. The minimum atomic E-state index is 0.0631. The largest absolute Gasteiger partial charge is 0.493 e. The third kappa shape index (κ3) is 4.92. The highest BCUT2D eigenvalue weighted by Crippen LogP contribution is 2.35. The molecule has 0 saturated carbocycles. The van der Waals surface area contributed by atoms with Crippen LogP contribution in [0.25, 0.3) is 6.08 Å². The number of carbonyl (C=O) groups is 1. The first kappa shape index (κ1) is 19.5. The highest BCUT2D eigenvalue weighted by Gasteiger charge is 2.29. The quantitative estimate of drug-likeness (QED) is 0.456. The molecule has 1 aliphatic heterocycles. The third-order valence-electron chi connectivity index (χ3n) is 4.77. The van der Waals surface area contributed by atoms with E-state index in [2.05, 4.69) is 18.4 Å². The van der Waals surface area contributed by atoms with Gasteiger partial charge in [0.05, 0.1) is 19.8 Å². The smallest absolute Gasteiger partial charge is 0.247 e. The minimum absolute atomic E-state index is 0.0631. The molecule has 1 aromatic carbocycles. The summed E-state index contributed by atoms with van der Waals surface area (Å²) in [4.78, 5) is 15.9. The molecule has 1 fully saturated rings. The van der Waals surface area contributed by atoms with Gasteiger partial charge in [0.15, 0.2) is 11.5 Å². The fourth-order valence-electron chi connectivity index (χ4n) is 3.30. The van der Waals surface area contributed by atoms with E-state index in [1.54, 1.807) is 24.5 Å². The Morgan fingerprint density at radius 3 is 2.96 bits per heavy atom. The van der Waals surface area contributed by atoms with Crippen molar-refractivity contribution in [2.24, 2.45) is 0 Å². The van der Waals surface area contributed by atoms with Gasteiger partial charge in [0.25, 0.3) is 0 Å². The number of carbonyl (C=O) groups excluding carboxylic acids is 1. The normalized spacial score (nSPS) is 16.8. The fraction of sp³-hybridized carbons (Fsp3) is 0.409. The van der Waals surface area contributed by atoms with E-state index in [-0.39, 0.29) is 11.9 Å². The average molecular weight is 386 g/mol. The zero-order chi connectivity index (χ0) is 19.1. The van der Waals surface area contributed by atoms with Gasteiger partial charge in [0.2, 0.25) is 5.91 Å². The Labute approximate surface area is 165 Å². The Hall–Kier alpha value is -2.27. The molecule has 3 rings (SSSR count). The fourth-order valence-corrected chi connectivity index (χ4v) is 4.18. The monoisotopic (exact) mass is 385 g/mol.